The maximum absolute atomic E-state index is 12.7. The van der Waals surface area contributed by atoms with Gasteiger partial charge < -0.3 is 4.90 Å². The number of carbonyl (C=O) groups excluding carboxylic acids is 1. The first-order valence-corrected chi connectivity index (χ1v) is 8.23. The van der Waals surface area contributed by atoms with Gasteiger partial charge in [0.25, 0.3) is 0 Å². The maximum Gasteiger partial charge on any atom is 0.239 e. The lowest BCUT2D eigenvalue weighted by Gasteiger charge is -2.36. The van der Waals surface area contributed by atoms with Gasteiger partial charge in [-0.15, -0.1) is 0 Å². The standard InChI is InChI=1S/C17H25ClN2O/c1-3-10-20-11-5-4-9-16(20)17(21)19(2)13-14-7-6-8-15(18)12-14/h6-8,12,16H,3-5,9-11,13H2,1-2H3. The Labute approximate surface area is 132 Å². The number of likely N-dealkylation sites (tertiary alicyclic amines) is 1. The molecule has 0 radical (unpaired) electrons. The summed E-state index contributed by atoms with van der Waals surface area (Å²) in [6.07, 6.45) is 4.45. The second-order valence-electron chi connectivity index (χ2n) is 5.87. The molecule has 1 atom stereocenters. The molecular formula is C17H25ClN2O. The molecule has 0 aromatic heterocycles. The van der Waals surface area contributed by atoms with Crippen LogP contribution in [-0.4, -0.2) is 41.9 Å². The number of halogens is 1. The van der Waals surface area contributed by atoms with Crippen LogP contribution in [0.15, 0.2) is 24.3 Å². The molecule has 0 saturated carbocycles. The highest BCUT2D eigenvalue weighted by Crippen LogP contribution is 2.20. The number of amides is 1. The monoisotopic (exact) mass is 308 g/mol. The number of piperidine rings is 1. The summed E-state index contributed by atoms with van der Waals surface area (Å²) >= 11 is 6.01. The molecule has 4 heteroatoms. The molecule has 0 aliphatic carbocycles. The molecule has 1 fully saturated rings. The molecule has 1 aliphatic heterocycles. The number of hydrogen-bond acceptors (Lipinski definition) is 2. The normalized spacial score (nSPS) is 19.5. The molecule has 1 aromatic carbocycles. The van der Waals surface area contributed by atoms with Crippen molar-refractivity contribution in [3.05, 3.63) is 34.9 Å². The number of nitrogens with zero attached hydrogens (tertiary/aromatic N) is 2. The molecule has 3 nitrogen and oxygen atoms in total. The van der Waals surface area contributed by atoms with E-state index in [1.54, 1.807) is 0 Å². The number of carbonyl (C=O) groups is 1. The zero-order valence-electron chi connectivity index (χ0n) is 13.0. The zero-order valence-corrected chi connectivity index (χ0v) is 13.8. The van der Waals surface area contributed by atoms with E-state index >= 15 is 0 Å². The van der Waals surface area contributed by atoms with Crippen molar-refractivity contribution in [2.45, 2.75) is 45.2 Å². The molecule has 1 unspecified atom stereocenters. The maximum atomic E-state index is 12.7. The van der Waals surface area contributed by atoms with Gasteiger partial charge >= 0.3 is 0 Å². The summed E-state index contributed by atoms with van der Waals surface area (Å²) in [7, 11) is 1.89. The first kappa shape index (κ1) is 16.3. The molecule has 1 aliphatic rings. The molecule has 1 amide bonds. The molecule has 1 aromatic rings. The Morgan fingerprint density at radius 2 is 2.24 bits per heavy atom. The van der Waals surface area contributed by atoms with Crippen molar-refractivity contribution >= 4 is 17.5 Å². The van der Waals surface area contributed by atoms with Gasteiger partial charge in [-0.1, -0.05) is 37.1 Å². The smallest absolute Gasteiger partial charge is 0.239 e. The molecule has 1 heterocycles. The number of rotatable bonds is 5. The minimum Gasteiger partial charge on any atom is -0.340 e. The minimum atomic E-state index is 0.0582. The van der Waals surface area contributed by atoms with Crippen molar-refractivity contribution in [2.75, 3.05) is 20.1 Å². The van der Waals surface area contributed by atoms with Crippen molar-refractivity contribution in [1.29, 1.82) is 0 Å². The van der Waals surface area contributed by atoms with Crippen LogP contribution in [0.1, 0.15) is 38.2 Å². The summed E-state index contributed by atoms with van der Waals surface area (Å²) in [5.41, 5.74) is 1.08. The van der Waals surface area contributed by atoms with E-state index in [2.05, 4.69) is 11.8 Å². The Morgan fingerprint density at radius 1 is 1.43 bits per heavy atom. The lowest BCUT2D eigenvalue weighted by Crippen LogP contribution is -2.49. The van der Waals surface area contributed by atoms with Crippen molar-refractivity contribution in [1.82, 2.24) is 9.80 Å². The van der Waals surface area contributed by atoms with Gasteiger partial charge in [-0.05, 0) is 50.0 Å². The van der Waals surface area contributed by atoms with Gasteiger partial charge in [-0.2, -0.15) is 0 Å². The third kappa shape index (κ3) is 4.45. The summed E-state index contributed by atoms with van der Waals surface area (Å²) in [5, 5.41) is 0.721. The minimum absolute atomic E-state index is 0.0582. The predicted molar refractivity (Wildman–Crippen MR) is 87.4 cm³/mol. The van der Waals surface area contributed by atoms with Crippen LogP contribution in [0.2, 0.25) is 5.02 Å². The lowest BCUT2D eigenvalue weighted by atomic mass is 10.0. The van der Waals surface area contributed by atoms with E-state index in [-0.39, 0.29) is 11.9 Å². The quantitative estimate of drug-likeness (QED) is 0.830. The first-order chi connectivity index (χ1) is 10.1. The fourth-order valence-electron chi connectivity index (χ4n) is 3.07. The third-order valence-corrected chi connectivity index (χ3v) is 4.33. The predicted octanol–water partition coefficient (Wildman–Crippen LogP) is 3.56. The second-order valence-corrected chi connectivity index (χ2v) is 6.31. The fraction of sp³-hybridized carbons (Fsp3) is 0.588. The number of hydrogen-bond donors (Lipinski definition) is 0. The Morgan fingerprint density at radius 3 is 2.95 bits per heavy atom. The van der Waals surface area contributed by atoms with Crippen LogP contribution in [0.4, 0.5) is 0 Å². The van der Waals surface area contributed by atoms with Gasteiger partial charge in [0.2, 0.25) is 5.91 Å². The Balaban J connectivity index is 2.00. The van der Waals surface area contributed by atoms with E-state index in [0.717, 1.165) is 42.9 Å². The van der Waals surface area contributed by atoms with Crippen molar-refractivity contribution in [3.8, 4) is 0 Å². The molecule has 0 N–H and O–H groups in total. The summed E-state index contributed by atoms with van der Waals surface area (Å²) in [5.74, 6) is 0.239. The highest BCUT2D eigenvalue weighted by molar-refractivity contribution is 6.30. The second kappa shape index (κ2) is 7.81. The van der Waals surface area contributed by atoms with Crippen LogP contribution in [0, 0.1) is 0 Å². The lowest BCUT2D eigenvalue weighted by molar-refractivity contribution is -0.137. The van der Waals surface area contributed by atoms with E-state index in [0.29, 0.717) is 6.54 Å². The van der Waals surface area contributed by atoms with E-state index in [1.165, 1.54) is 6.42 Å². The van der Waals surface area contributed by atoms with Crippen LogP contribution in [0.25, 0.3) is 0 Å². The Kier molecular flexibility index (Phi) is 6.07. The third-order valence-electron chi connectivity index (χ3n) is 4.09. The molecule has 2 rings (SSSR count). The Hall–Kier alpha value is -1.06. The largest absolute Gasteiger partial charge is 0.340 e. The zero-order chi connectivity index (χ0) is 15.2. The molecule has 21 heavy (non-hydrogen) atoms. The Bertz CT molecular complexity index is 476. The van der Waals surface area contributed by atoms with E-state index in [1.807, 2.05) is 36.2 Å². The van der Waals surface area contributed by atoms with Crippen LogP contribution < -0.4 is 0 Å². The van der Waals surface area contributed by atoms with E-state index in [9.17, 15) is 4.79 Å². The highest BCUT2D eigenvalue weighted by Gasteiger charge is 2.30. The van der Waals surface area contributed by atoms with Crippen LogP contribution in [0.5, 0.6) is 0 Å². The van der Waals surface area contributed by atoms with Crippen LogP contribution in [-0.2, 0) is 11.3 Å². The SMILES string of the molecule is CCCN1CCCCC1C(=O)N(C)Cc1cccc(Cl)c1. The van der Waals surface area contributed by atoms with Crippen molar-refractivity contribution in [2.24, 2.45) is 0 Å². The van der Waals surface area contributed by atoms with Crippen LogP contribution >= 0.6 is 11.6 Å². The highest BCUT2D eigenvalue weighted by atomic mass is 35.5. The van der Waals surface area contributed by atoms with Gasteiger partial charge in [-0.25, -0.2) is 0 Å². The van der Waals surface area contributed by atoms with Crippen molar-refractivity contribution in [3.63, 3.8) is 0 Å². The average molecular weight is 309 g/mol. The average Bonchev–Trinajstić information content (AvgIpc) is 2.47. The molecule has 1 saturated heterocycles. The molecule has 0 spiro atoms. The van der Waals surface area contributed by atoms with Gasteiger partial charge in [-0.3, -0.25) is 9.69 Å². The molecular weight excluding hydrogens is 284 g/mol. The number of likely N-dealkylation sites (N-methyl/N-ethyl adjacent to an activating group) is 1. The van der Waals surface area contributed by atoms with Gasteiger partial charge in [0.05, 0.1) is 6.04 Å². The summed E-state index contributed by atoms with van der Waals surface area (Å²) in [6, 6.07) is 7.79. The molecule has 116 valence electrons. The van der Waals surface area contributed by atoms with E-state index < -0.39 is 0 Å². The number of benzene rings is 1. The van der Waals surface area contributed by atoms with Gasteiger partial charge in [0.1, 0.15) is 0 Å². The first-order valence-electron chi connectivity index (χ1n) is 7.85. The summed E-state index contributed by atoms with van der Waals surface area (Å²) in [6.45, 7) is 4.86. The summed E-state index contributed by atoms with van der Waals surface area (Å²) < 4.78 is 0. The molecule has 0 bridgehead atoms. The summed E-state index contributed by atoms with van der Waals surface area (Å²) in [4.78, 5) is 16.9. The van der Waals surface area contributed by atoms with Gasteiger partial charge in [0.15, 0.2) is 0 Å². The van der Waals surface area contributed by atoms with Crippen molar-refractivity contribution < 1.29 is 4.79 Å². The van der Waals surface area contributed by atoms with Gasteiger partial charge in [0, 0.05) is 18.6 Å². The fourth-order valence-corrected chi connectivity index (χ4v) is 3.28. The van der Waals surface area contributed by atoms with E-state index in [4.69, 9.17) is 11.6 Å². The van der Waals surface area contributed by atoms with Crippen LogP contribution in [0.3, 0.4) is 0 Å². The topological polar surface area (TPSA) is 23.6 Å².